The third kappa shape index (κ3) is 8.85. The molecule has 0 heterocycles. The number of hydrogen-bond donors (Lipinski definition) is 1. The summed E-state index contributed by atoms with van der Waals surface area (Å²) in [5.41, 5.74) is 6.31. The molecule has 0 aliphatic heterocycles. The molecule has 1 N–H and O–H groups in total. The number of methoxy groups -OCH3 is 1. The van der Waals surface area contributed by atoms with Crippen LogP contribution in [0.5, 0.6) is 5.75 Å². The van der Waals surface area contributed by atoms with Gasteiger partial charge in [-0.2, -0.15) is 0 Å². The fraction of sp³-hybridized carbons (Fsp3) is 0.200. The number of para-hydroxylation sites is 1. The zero-order valence-electron chi connectivity index (χ0n) is 26.4. The highest BCUT2D eigenvalue weighted by molar-refractivity contribution is 6.12. The van der Waals surface area contributed by atoms with Crippen molar-refractivity contribution in [1.82, 2.24) is 0 Å². The van der Waals surface area contributed by atoms with Crippen molar-refractivity contribution in [3.05, 3.63) is 161 Å². The van der Waals surface area contributed by atoms with Crippen LogP contribution in [-0.4, -0.2) is 38.1 Å². The van der Waals surface area contributed by atoms with Crippen LogP contribution in [0.25, 0.3) is 0 Å². The number of carbonyl (C=O) groups excluding carboxylic acids is 2. The van der Waals surface area contributed by atoms with Crippen LogP contribution in [0.2, 0.25) is 0 Å². The number of hydrogen-bond acceptors (Lipinski definition) is 6. The van der Waals surface area contributed by atoms with E-state index in [0.29, 0.717) is 29.8 Å². The van der Waals surface area contributed by atoms with Crippen molar-refractivity contribution in [2.75, 3.05) is 30.5 Å². The maximum atomic E-state index is 13.2. The third-order valence-electron chi connectivity index (χ3n) is 7.84. The highest BCUT2D eigenvalue weighted by Gasteiger charge is 2.22. The minimum absolute atomic E-state index is 0.115. The van der Waals surface area contributed by atoms with Gasteiger partial charge < -0.3 is 19.7 Å². The lowest BCUT2D eigenvalue weighted by Gasteiger charge is -2.25. The molecule has 0 amide bonds. The smallest absolute Gasteiger partial charge is 0.328 e. The Bertz CT molecular complexity index is 1690. The van der Waals surface area contributed by atoms with Gasteiger partial charge in [0, 0.05) is 42.0 Å². The van der Waals surface area contributed by atoms with E-state index in [4.69, 9.17) is 9.47 Å². The normalized spacial score (nSPS) is 11.3. The molecular formula is C40H40N2O4. The molecule has 5 aromatic carbocycles. The first-order valence-corrected chi connectivity index (χ1v) is 15.6. The zero-order chi connectivity index (χ0) is 32.1. The van der Waals surface area contributed by atoms with E-state index in [-0.39, 0.29) is 5.78 Å². The fourth-order valence-electron chi connectivity index (χ4n) is 5.34. The minimum Gasteiger partial charge on any atom is -0.494 e. The Balaban J connectivity index is 1.18. The second-order valence-electron chi connectivity index (χ2n) is 11.3. The molecular weight excluding hydrogens is 572 g/mol. The average Bonchev–Trinajstić information content (AvgIpc) is 3.10. The van der Waals surface area contributed by atoms with Gasteiger partial charge in [-0.25, -0.2) is 4.79 Å². The van der Waals surface area contributed by atoms with Gasteiger partial charge in [-0.3, -0.25) is 4.79 Å². The van der Waals surface area contributed by atoms with Crippen molar-refractivity contribution in [1.29, 1.82) is 0 Å². The minimum atomic E-state index is -0.682. The molecule has 0 saturated carbocycles. The summed E-state index contributed by atoms with van der Waals surface area (Å²) in [5, 5.41) is 3.27. The number of carbonyl (C=O) groups is 2. The molecule has 1 atom stereocenters. The van der Waals surface area contributed by atoms with Crippen LogP contribution in [0, 0.1) is 6.92 Å². The molecule has 6 nitrogen and oxygen atoms in total. The van der Waals surface area contributed by atoms with E-state index in [1.807, 2.05) is 66.7 Å². The topological polar surface area (TPSA) is 67.9 Å². The number of ether oxygens (including phenoxy) is 2. The van der Waals surface area contributed by atoms with Crippen LogP contribution in [0.3, 0.4) is 0 Å². The molecule has 0 spiro atoms. The molecule has 234 valence electrons. The van der Waals surface area contributed by atoms with Gasteiger partial charge in [0.2, 0.25) is 0 Å². The first kappa shape index (κ1) is 32.0. The lowest BCUT2D eigenvalue weighted by Crippen LogP contribution is -2.33. The SMILES string of the molecule is COC(=O)C(Cc1ccc(OCCCN(Cc2ccccc2)c2ccc(C)cc2)cc1)Nc1ccccc1C(=O)c1ccccc1. The Morgan fingerprint density at radius 1 is 0.739 bits per heavy atom. The van der Waals surface area contributed by atoms with E-state index in [0.717, 1.165) is 30.8 Å². The average molecular weight is 613 g/mol. The van der Waals surface area contributed by atoms with Gasteiger partial charge in [0.15, 0.2) is 5.78 Å². The van der Waals surface area contributed by atoms with Crippen molar-refractivity contribution in [3.8, 4) is 5.75 Å². The predicted molar refractivity (Wildman–Crippen MR) is 185 cm³/mol. The number of nitrogens with one attached hydrogen (secondary N) is 1. The summed E-state index contributed by atoms with van der Waals surface area (Å²) in [6.45, 7) is 4.37. The predicted octanol–water partition coefficient (Wildman–Crippen LogP) is 7.90. The molecule has 0 radical (unpaired) electrons. The molecule has 0 aliphatic carbocycles. The number of esters is 1. The fourth-order valence-corrected chi connectivity index (χ4v) is 5.34. The van der Waals surface area contributed by atoms with Crippen molar-refractivity contribution in [2.24, 2.45) is 0 Å². The van der Waals surface area contributed by atoms with E-state index in [1.54, 1.807) is 18.2 Å². The van der Waals surface area contributed by atoms with Crippen LogP contribution >= 0.6 is 0 Å². The zero-order valence-corrected chi connectivity index (χ0v) is 26.4. The number of ketones is 1. The first-order valence-electron chi connectivity index (χ1n) is 15.6. The van der Waals surface area contributed by atoms with Crippen molar-refractivity contribution >= 4 is 23.1 Å². The van der Waals surface area contributed by atoms with Crippen LogP contribution in [0.1, 0.15) is 39.0 Å². The van der Waals surface area contributed by atoms with Gasteiger partial charge in [0.1, 0.15) is 11.8 Å². The van der Waals surface area contributed by atoms with E-state index in [1.165, 1.54) is 23.9 Å². The molecule has 1 unspecified atom stereocenters. The van der Waals surface area contributed by atoms with Crippen LogP contribution in [0.4, 0.5) is 11.4 Å². The monoisotopic (exact) mass is 612 g/mol. The second-order valence-corrected chi connectivity index (χ2v) is 11.3. The molecule has 0 aliphatic rings. The Labute approximate surface area is 271 Å². The van der Waals surface area contributed by atoms with Gasteiger partial charge in [-0.05, 0) is 60.9 Å². The largest absolute Gasteiger partial charge is 0.494 e. The summed E-state index contributed by atoms with van der Waals surface area (Å²) >= 11 is 0. The maximum Gasteiger partial charge on any atom is 0.328 e. The molecule has 5 aromatic rings. The Kier molecular flexibility index (Phi) is 11.2. The number of aryl methyl sites for hydroxylation is 1. The van der Waals surface area contributed by atoms with Gasteiger partial charge in [-0.15, -0.1) is 0 Å². The van der Waals surface area contributed by atoms with Gasteiger partial charge >= 0.3 is 5.97 Å². The van der Waals surface area contributed by atoms with Crippen LogP contribution < -0.4 is 15.0 Å². The van der Waals surface area contributed by atoms with Crippen molar-refractivity contribution < 1.29 is 19.1 Å². The molecule has 46 heavy (non-hydrogen) atoms. The maximum absolute atomic E-state index is 13.2. The molecule has 5 rings (SSSR count). The summed E-state index contributed by atoms with van der Waals surface area (Å²) < 4.78 is 11.2. The van der Waals surface area contributed by atoms with Gasteiger partial charge in [0.05, 0.1) is 13.7 Å². The third-order valence-corrected chi connectivity index (χ3v) is 7.84. The van der Waals surface area contributed by atoms with Gasteiger partial charge in [0.25, 0.3) is 0 Å². The Hall–Kier alpha value is -5.36. The van der Waals surface area contributed by atoms with Crippen LogP contribution in [-0.2, 0) is 22.5 Å². The van der Waals surface area contributed by atoms with E-state index in [9.17, 15) is 9.59 Å². The summed E-state index contributed by atoms with van der Waals surface area (Å²) in [6, 6.07) is 42.6. The highest BCUT2D eigenvalue weighted by Crippen LogP contribution is 2.23. The molecule has 0 fully saturated rings. The lowest BCUT2D eigenvalue weighted by atomic mass is 10.00. The standard InChI is InChI=1S/C40H40N2O4/c1-30-18-22-34(23-19-30)42(29-32-12-5-3-6-13-32)26-11-27-46-35-24-20-31(21-25-35)28-38(40(44)45-2)41-37-17-10-9-16-36(37)39(43)33-14-7-4-8-15-33/h3-10,12-25,38,41H,11,26-29H2,1-2H3. The van der Waals surface area contributed by atoms with E-state index >= 15 is 0 Å². The molecule has 0 saturated heterocycles. The first-order chi connectivity index (χ1) is 22.5. The number of nitrogens with zero attached hydrogens (tertiary/aromatic N) is 1. The Morgan fingerprint density at radius 2 is 1.39 bits per heavy atom. The van der Waals surface area contributed by atoms with E-state index < -0.39 is 12.0 Å². The Morgan fingerprint density at radius 3 is 2.09 bits per heavy atom. The van der Waals surface area contributed by atoms with Crippen molar-refractivity contribution in [3.63, 3.8) is 0 Å². The summed E-state index contributed by atoms with van der Waals surface area (Å²) in [7, 11) is 1.37. The van der Waals surface area contributed by atoms with E-state index in [2.05, 4.69) is 65.7 Å². The highest BCUT2D eigenvalue weighted by atomic mass is 16.5. The quantitative estimate of drug-likeness (QED) is 0.0737. The number of anilines is 2. The molecule has 0 aromatic heterocycles. The summed E-state index contributed by atoms with van der Waals surface area (Å²) in [6.07, 6.45) is 1.24. The van der Waals surface area contributed by atoms with Gasteiger partial charge in [-0.1, -0.05) is 103 Å². The molecule has 0 bridgehead atoms. The molecule has 6 heteroatoms. The number of benzene rings is 5. The number of rotatable bonds is 15. The summed E-state index contributed by atoms with van der Waals surface area (Å²) in [5.74, 6) is 0.252. The second kappa shape index (κ2) is 16.1. The summed E-state index contributed by atoms with van der Waals surface area (Å²) in [4.78, 5) is 28.4. The van der Waals surface area contributed by atoms with Crippen LogP contribution in [0.15, 0.2) is 133 Å². The van der Waals surface area contributed by atoms with Crippen molar-refractivity contribution in [2.45, 2.75) is 32.4 Å². The lowest BCUT2D eigenvalue weighted by molar-refractivity contribution is -0.141.